The van der Waals surface area contributed by atoms with Crippen LogP contribution in [0.4, 0.5) is 17.1 Å². The van der Waals surface area contributed by atoms with Crippen LogP contribution < -0.4 is 4.90 Å². The fourth-order valence-corrected chi connectivity index (χ4v) is 11.2. The number of benzene rings is 11. The Labute approximate surface area is 405 Å². The molecule has 3 heterocycles. The third-order valence-electron chi connectivity index (χ3n) is 14.2. The van der Waals surface area contributed by atoms with E-state index < -0.39 is 0 Å². The van der Waals surface area contributed by atoms with Crippen LogP contribution in [0, 0.1) is 0 Å². The van der Waals surface area contributed by atoms with Crippen LogP contribution in [0.1, 0.15) is 0 Å². The molecule has 0 atom stereocenters. The Balaban J connectivity index is 1.11. The molecular formula is C66H44N4. The van der Waals surface area contributed by atoms with Crippen molar-refractivity contribution in [2.75, 3.05) is 4.90 Å². The van der Waals surface area contributed by atoms with Crippen molar-refractivity contribution in [1.82, 2.24) is 13.7 Å². The molecule has 3 aromatic heterocycles. The number of fused-ring (bicyclic) bond motifs is 9. The second-order valence-electron chi connectivity index (χ2n) is 18.1. The van der Waals surface area contributed by atoms with E-state index in [0.29, 0.717) is 0 Å². The Morgan fingerprint density at radius 3 is 0.957 bits per heavy atom. The lowest BCUT2D eigenvalue weighted by Crippen LogP contribution is -2.12. The third-order valence-corrected chi connectivity index (χ3v) is 14.2. The molecule has 70 heavy (non-hydrogen) atoms. The number of hydrogen-bond acceptors (Lipinski definition) is 1. The van der Waals surface area contributed by atoms with Gasteiger partial charge in [-0.1, -0.05) is 170 Å². The largest absolute Gasteiger partial charge is 0.310 e. The predicted octanol–water partition coefficient (Wildman–Crippen LogP) is 17.8. The summed E-state index contributed by atoms with van der Waals surface area (Å²) in [6.45, 7) is 0. The second kappa shape index (κ2) is 16.2. The maximum atomic E-state index is 2.49. The second-order valence-corrected chi connectivity index (χ2v) is 18.1. The first kappa shape index (κ1) is 39.8. The molecule has 4 nitrogen and oxygen atoms in total. The van der Waals surface area contributed by atoms with Crippen molar-refractivity contribution in [1.29, 1.82) is 0 Å². The van der Waals surface area contributed by atoms with E-state index in [1.807, 2.05) is 0 Å². The molecule has 0 saturated carbocycles. The predicted molar refractivity (Wildman–Crippen MR) is 295 cm³/mol. The normalized spacial score (nSPS) is 11.7. The zero-order valence-electron chi connectivity index (χ0n) is 38.2. The van der Waals surface area contributed by atoms with Gasteiger partial charge in [0.2, 0.25) is 0 Å². The molecule has 328 valence electrons. The van der Waals surface area contributed by atoms with Crippen molar-refractivity contribution in [2.24, 2.45) is 0 Å². The Hall–Kier alpha value is -9.38. The molecule has 0 fully saturated rings. The molecule has 0 unspecified atom stereocenters. The zero-order chi connectivity index (χ0) is 46.1. The van der Waals surface area contributed by atoms with Gasteiger partial charge in [-0.2, -0.15) is 0 Å². The van der Waals surface area contributed by atoms with Gasteiger partial charge in [0.1, 0.15) is 0 Å². The molecule has 0 aliphatic heterocycles. The average Bonchev–Trinajstić information content (AvgIpc) is 4.08. The Morgan fingerprint density at radius 1 is 0.243 bits per heavy atom. The molecule has 4 heteroatoms. The number of rotatable bonds is 8. The van der Waals surface area contributed by atoms with E-state index in [4.69, 9.17) is 0 Å². The van der Waals surface area contributed by atoms with Gasteiger partial charge in [0.15, 0.2) is 0 Å². The molecule has 14 aromatic rings. The summed E-state index contributed by atoms with van der Waals surface area (Å²) in [5, 5.41) is 7.40. The summed E-state index contributed by atoms with van der Waals surface area (Å²) in [7, 11) is 0. The van der Waals surface area contributed by atoms with Crippen LogP contribution in [0.25, 0.3) is 105 Å². The van der Waals surface area contributed by atoms with Gasteiger partial charge in [-0.15, -0.1) is 0 Å². The molecule has 14 rings (SSSR count). The average molecular weight is 893 g/mol. The van der Waals surface area contributed by atoms with Crippen LogP contribution >= 0.6 is 0 Å². The van der Waals surface area contributed by atoms with Crippen molar-refractivity contribution < 1.29 is 0 Å². The SMILES string of the molecule is c1ccc(N(c2ccccc2)c2cc(-n3c4ccccc4c4ccccc43)c(-c3cccc(-n4c5ccccc5c5ccccc54)c3)cc2-c2cccc(-n3c4ccccc4c4ccccc43)c2)cc1. The highest BCUT2D eigenvalue weighted by molar-refractivity contribution is 6.12. The summed E-state index contributed by atoms with van der Waals surface area (Å²) < 4.78 is 7.33. The zero-order valence-corrected chi connectivity index (χ0v) is 38.2. The summed E-state index contributed by atoms with van der Waals surface area (Å²) in [5.41, 5.74) is 18.0. The molecule has 0 amide bonds. The summed E-state index contributed by atoms with van der Waals surface area (Å²) in [5.74, 6) is 0. The third kappa shape index (κ3) is 6.24. The van der Waals surface area contributed by atoms with Gasteiger partial charge in [0.05, 0.1) is 44.5 Å². The van der Waals surface area contributed by atoms with E-state index in [-0.39, 0.29) is 0 Å². The number of aromatic nitrogens is 3. The number of hydrogen-bond donors (Lipinski definition) is 0. The van der Waals surface area contributed by atoms with Crippen molar-refractivity contribution in [3.05, 3.63) is 267 Å². The van der Waals surface area contributed by atoms with Crippen molar-refractivity contribution >= 4 is 82.5 Å². The molecule has 0 radical (unpaired) electrons. The van der Waals surface area contributed by atoms with Gasteiger partial charge in [-0.3, -0.25) is 0 Å². The van der Waals surface area contributed by atoms with E-state index in [0.717, 1.165) is 67.4 Å². The molecule has 0 spiro atoms. The topological polar surface area (TPSA) is 18.0 Å². The summed E-state index contributed by atoms with van der Waals surface area (Å²) >= 11 is 0. The lowest BCUT2D eigenvalue weighted by Gasteiger charge is -2.30. The van der Waals surface area contributed by atoms with E-state index in [1.54, 1.807) is 0 Å². The van der Waals surface area contributed by atoms with Gasteiger partial charge in [-0.25, -0.2) is 0 Å². The molecule has 0 aliphatic rings. The lowest BCUT2D eigenvalue weighted by atomic mass is 9.93. The highest BCUT2D eigenvalue weighted by atomic mass is 15.1. The van der Waals surface area contributed by atoms with Crippen molar-refractivity contribution in [3.8, 4) is 39.3 Å². The fraction of sp³-hybridized carbons (Fsp3) is 0. The van der Waals surface area contributed by atoms with Crippen LogP contribution in [-0.4, -0.2) is 13.7 Å². The highest BCUT2D eigenvalue weighted by Crippen LogP contribution is 2.48. The first-order chi connectivity index (χ1) is 34.8. The van der Waals surface area contributed by atoms with E-state index in [2.05, 4.69) is 286 Å². The minimum Gasteiger partial charge on any atom is -0.310 e. The number of para-hydroxylation sites is 8. The molecular weight excluding hydrogens is 849 g/mol. The Kier molecular flexibility index (Phi) is 9.17. The summed E-state index contributed by atoms with van der Waals surface area (Å²) in [4.78, 5) is 2.43. The minimum atomic E-state index is 1.07. The van der Waals surface area contributed by atoms with Gasteiger partial charge in [0, 0.05) is 66.2 Å². The number of anilines is 3. The lowest BCUT2D eigenvalue weighted by molar-refractivity contribution is 1.16. The fourth-order valence-electron chi connectivity index (χ4n) is 11.2. The summed E-state index contributed by atoms with van der Waals surface area (Å²) in [6, 6.07) is 97.5. The maximum absolute atomic E-state index is 2.49. The highest BCUT2D eigenvalue weighted by Gasteiger charge is 2.25. The Bertz CT molecular complexity index is 4110. The van der Waals surface area contributed by atoms with Crippen molar-refractivity contribution in [2.45, 2.75) is 0 Å². The van der Waals surface area contributed by atoms with Crippen LogP contribution in [0.15, 0.2) is 267 Å². The van der Waals surface area contributed by atoms with Crippen LogP contribution in [0.3, 0.4) is 0 Å². The first-order valence-corrected chi connectivity index (χ1v) is 24.0. The molecule has 11 aromatic carbocycles. The van der Waals surface area contributed by atoms with Crippen molar-refractivity contribution in [3.63, 3.8) is 0 Å². The van der Waals surface area contributed by atoms with Gasteiger partial charge < -0.3 is 18.6 Å². The van der Waals surface area contributed by atoms with E-state index in [9.17, 15) is 0 Å². The monoisotopic (exact) mass is 892 g/mol. The van der Waals surface area contributed by atoms with Crippen LogP contribution in [-0.2, 0) is 0 Å². The first-order valence-electron chi connectivity index (χ1n) is 24.0. The number of nitrogens with zero attached hydrogens (tertiary/aromatic N) is 4. The molecule has 0 aliphatic carbocycles. The van der Waals surface area contributed by atoms with E-state index in [1.165, 1.54) is 54.4 Å². The van der Waals surface area contributed by atoms with Gasteiger partial charge >= 0.3 is 0 Å². The molecule has 0 saturated heterocycles. The molecule has 0 N–H and O–H groups in total. The van der Waals surface area contributed by atoms with Crippen LogP contribution in [0.2, 0.25) is 0 Å². The van der Waals surface area contributed by atoms with Gasteiger partial charge in [-0.05, 0) is 108 Å². The standard InChI is InChI=1S/C66H44N4/c1-3-23-47(24-4-1)67(48-25-5-2-6-26-48)65-44-66(70-63-39-17-11-33-55(63)56-34-12-18-40-64(56)70)58(46-22-20-28-50(42-46)69-61-37-15-9-31-53(61)54-32-10-16-38-62(54)69)43-57(65)45-21-19-27-49(41-45)68-59-35-13-7-29-51(59)52-30-8-14-36-60(52)68/h1-44H. The molecule has 0 bridgehead atoms. The Morgan fingerprint density at radius 2 is 0.571 bits per heavy atom. The van der Waals surface area contributed by atoms with Crippen LogP contribution in [0.5, 0.6) is 0 Å². The van der Waals surface area contributed by atoms with E-state index >= 15 is 0 Å². The quantitative estimate of drug-likeness (QED) is 0.149. The maximum Gasteiger partial charge on any atom is 0.0561 e. The van der Waals surface area contributed by atoms with Gasteiger partial charge in [0.25, 0.3) is 0 Å². The smallest absolute Gasteiger partial charge is 0.0561 e. The minimum absolute atomic E-state index is 1.07. The summed E-state index contributed by atoms with van der Waals surface area (Å²) in [6.07, 6.45) is 0.